The average Bonchev–Trinajstić information content (AvgIpc) is 2.95. The Morgan fingerprint density at radius 2 is 1.69 bits per heavy atom. The SMILES string of the molecule is CC(C)CC(C(=O)NCCCN1CCC(C)CC1)N1C(=O)C2CC=CCC2C1=O. The molecule has 3 atom stereocenters. The standard InChI is InChI=1S/C23H37N3O3/c1-16(2)15-20(26-22(28)18-7-4-5-8-19(18)23(26)29)21(27)24-11-6-12-25-13-9-17(3)10-14-25/h4-5,16-20H,6-15H2,1-3H3,(H,24,27). The van der Waals surface area contributed by atoms with Gasteiger partial charge in [-0.05, 0) is 70.0 Å². The van der Waals surface area contributed by atoms with Crippen LogP contribution in [-0.4, -0.2) is 59.7 Å². The predicted octanol–water partition coefficient (Wildman–Crippen LogP) is 2.59. The summed E-state index contributed by atoms with van der Waals surface area (Å²) in [5.41, 5.74) is 0. The summed E-state index contributed by atoms with van der Waals surface area (Å²) >= 11 is 0. The van der Waals surface area contributed by atoms with Gasteiger partial charge in [-0.1, -0.05) is 32.9 Å². The highest BCUT2D eigenvalue weighted by atomic mass is 16.2. The molecule has 3 rings (SSSR count). The lowest BCUT2D eigenvalue weighted by molar-refractivity contribution is -0.148. The summed E-state index contributed by atoms with van der Waals surface area (Å²) in [5, 5.41) is 3.01. The molecule has 0 spiro atoms. The van der Waals surface area contributed by atoms with Gasteiger partial charge < -0.3 is 10.2 Å². The summed E-state index contributed by atoms with van der Waals surface area (Å²) in [5.74, 6) is -0.0213. The van der Waals surface area contributed by atoms with Gasteiger partial charge in [-0.15, -0.1) is 0 Å². The highest BCUT2D eigenvalue weighted by Gasteiger charge is 2.51. The first-order chi connectivity index (χ1) is 13.9. The smallest absolute Gasteiger partial charge is 0.243 e. The number of amides is 3. The Labute approximate surface area is 175 Å². The first kappa shape index (κ1) is 22.0. The van der Waals surface area contributed by atoms with Crippen LogP contribution in [0, 0.1) is 23.7 Å². The van der Waals surface area contributed by atoms with Gasteiger partial charge in [-0.3, -0.25) is 19.3 Å². The van der Waals surface area contributed by atoms with E-state index < -0.39 is 6.04 Å². The molecule has 0 saturated carbocycles. The first-order valence-corrected chi connectivity index (χ1v) is 11.4. The lowest BCUT2D eigenvalue weighted by Crippen LogP contribution is -2.51. The lowest BCUT2D eigenvalue weighted by Gasteiger charge is -2.30. The number of carbonyl (C=O) groups is 3. The Hall–Kier alpha value is -1.69. The molecule has 3 amide bonds. The van der Waals surface area contributed by atoms with Crippen LogP contribution >= 0.6 is 0 Å². The maximum absolute atomic E-state index is 13.0. The van der Waals surface area contributed by atoms with Crippen LogP contribution < -0.4 is 5.32 Å². The molecule has 29 heavy (non-hydrogen) atoms. The molecule has 2 saturated heterocycles. The Morgan fingerprint density at radius 1 is 1.10 bits per heavy atom. The van der Waals surface area contributed by atoms with Gasteiger partial charge in [0.25, 0.3) is 0 Å². The van der Waals surface area contributed by atoms with Crippen molar-refractivity contribution in [2.45, 2.75) is 65.3 Å². The highest BCUT2D eigenvalue weighted by molar-refractivity contribution is 6.08. The minimum Gasteiger partial charge on any atom is -0.354 e. The largest absolute Gasteiger partial charge is 0.354 e. The van der Waals surface area contributed by atoms with Crippen LogP contribution in [0.3, 0.4) is 0 Å². The number of piperidine rings is 1. The summed E-state index contributed by atoms with van der Waals surface area (Å²) in [7, 11) is 0. The number of fused-ring (bicyclic) bond motifs is 1. The molecule has 1 aliphatic carbocycles. The number of hydrogen-bond donors (Lipinski definition) is 1. The number of carbonyl (C=O) groups excluding carboxylic acids is 3. The van der Waals surface area contributed by atoms with Crippen LogP contribution in [0.1, 0.15) is 59.3 Å². The number of imide groups is 1. The van der Waals surface area contributed by atoms with Crippen molar-refractivity contribution in [1.82, 2.24) is 15.1 Å². The van der Waals surface area contributed by atoms with E-state index in [4.69, 9.17) is 0 Å². The molecule has 0 radical (unpaired) electrons. The predicted molar refractivity (Wildman–Crippen MR) is 113 cm³/mol. The van der Waals surface area contributed by atoms with Crippen LogP contribution in [-0.2, 0) is 14.4 Å². The summed E-state index contributed by atoms with van der Waals surface area (Å²) in [6.45, 7) is 10.2. The number of likely N-dealkylation sites (tertiary alicyclic amines) is 2. The third-order valence-corrected chi connectivity index (χ3v) is 6.68. The summed E-state index contributed by atoms with van der Waals surface area (Å²) in [4.78, 5) is 42.6. The van der Waals surface area contributed by atoms with Crippen molar-refractivity contribution in [3.05, 3.63) is 12.2 Å². The Morgan fingerprint density at radius 3 is 2.24 bits per heavy atom. The van der Waals surface area contributed by atoms with E-state index in [1.165, 1.54) is 17.7 Å². The number of hydrogen-bond acceptors (Lipinski definition) is 4. The fraction of sp³-hybridized carbons (Fsp3) is 0.783. The zero-order valence-corrected chi connectivity index (χ0v) is 18.2. The third-order valence-electron chi connectivity index (χ3n) is 6.68. The average molecular weight is 404 g/mol. The van der Waals surface area contributed by atoms with Gasteiger partial charge in [0.1, 0.15) is 6.04 Å². The van der Waals surface area contributed by atoms with Crippen molar-refractivity contribution in [3.63, 3.8) is 0 Å². The second-order valence-corrected chi connectivity index (χ2v) is 9.52. The van der Waals surface area contributed by atoms with E-state index in [9.17, 15) is 14.4 Å². The van der Waals surface area contributed by atoms with Crippen LogP contribution in [0.25, 0.3) is 0 Å². The quantitative estimate of drug-likeness (QED) is 0.384. The fourth-order valence-electron chi connectivity index (χ4n) is 4.83. The summed E-state index contributed by atoms with van der Waals surface area (Å²) in [6, 6.07) is -0.684. The minimum absolute atomic E-state index is 0.160. The molecule has 3 unspecified atom stereocenters. The van der Waals surface area contributed by atoms with E-state index in [-0.39, 0.29) is 35.5 Å². The molecule has 6 nitrogen and oxygen atoms in total. The Kier molecular flexibility index (Phi) is 7.49. The van der Waals surface area contributed by atoms with Crippen LogP contribution in [0.5, 0.6) is 0 Å². The summed E-state index contributed by atoms with van der Waals surface area (Å²) in [6.07, 6.45) is 9.08. The number of rotatable bonds is 8. The minimum atomic E-state index is -0.684. The lowest BCUT2D eigenvalue weighted by atomic mass is 9.85. The molecule has 1 N–H and O–H groups in total. The molecule has 2 fully saturated rings. The van der Waals surface area contributed by atoms with Crippen molar-refractivity contribution in [3.8, 4) is 0 Å². The van der Waals surface area contributed by atoms with Crippen molar-refractivity contribution in [2.75, 3.05) is 26.2 Å². The zero-order valence-electron chi connectivity index (χ0n) is 18.2. The van der Waals surface area contributed by atoms with Crippen molar-refractivity contribution in [1.29, 1.82) is 0 Å². The normalized spacial score (nSPS) is 26.8. The van der Waals surface area contributed by atoms with Crippen LogP contribution in [0.2, 0.25) is 0 Å². The zero-order chi connectivity index (χ0) is 21.0. The van der Waals surface area contributed by atoms with Gasteiger partial charge in [-0.25, -0.2) is 0 Å². The maximum atomic E-state index is 13.0. The molecule has 2 aliphatic heterocycles. The molecule has 0 aromatic heterocycles. The Bertz CT molecular complexity index is 611. The molecule has 3 aliphatic rings. The van der Waals surface area contributed by atoms with E-state index in [0.717, 1.165) is 32.0 Å². The van der Waals surface area contributed by atoms with E-state index in [1.54, 1.807) is 0 Å². The van der Waals surface area contributed by atoms with Crippen molar-refractivity contribution in [2.24, 2.45) is 23.7 Å². The topological polar surface area (TPSA) is 69.7 Å². The molecular weight excluding hydrogens is 366 g/mol. The van der Waals surface area contributed by atoms with Gasteiger partial charge in [0, 0.05) is 6.54 Å². The van der Waals surface area contributed by atoms with Crippen molar-refractivity contribution < 1.29 is 14.4 Å². The molecular formula is C23H37N3O3. The number of allylic oxidation sites excluding steroid dienone is 2. The van der Waals surface area contributed by atoms with E-state index in [1.807, 2.05) is 26.0 Å². The molecule has 6 heteroatoms. The molecule has 0 bridgehead atoms. The van der Waals surface area contributed by atoms with Gasteiger partial charge >= 0.3 is 0 Å². The van der Waals surface area contributed by atoms with E-state index >= 15 is 0 Å². The third kappa shape index (κ3) is 5.27. The van der Waals surface area contributed by atoms with Crippen LogP contribution in [0.4, 0.5) is 0 Å². The maximum Gasteiger partial charge on any atom is 0.243 e. The first-order valence-electron chi connectivity index (χ1n) is 11.4. The fourth-order valence-corrected chi connectivity index (χ4v) is 4.83. The highest BCUT2D eigenvalue weighted by Crippen LogP contribution is 2.37. The van der Waals surface area contributed by atoms with E-state index in [0.29, 0.717) is 25.8 Å². The summed E-state index contributed by atoms with van der Waals surface area (Å²) < 4.78 is 0. The van der Waals surface area contributed by atoms with Gasteiger partial charge in [0.2, 0.25) is 17.7 Å². The second kappa shape index (κ2) is 9.88. The molecule has 0 aromatic carbocycles. The van der Waals surface area contributed by atoms with Gasteiger partial charge in [0.15, 0.2) is 0 Å². The number of nitrogens with zero attached hydrogens (tertiary/aromatic N) is 2. The molecule has 162 valence electrons. The molecule has 0 aromatic rings. The van der Waals surface area contributed by atoms with Gasteiger partial charge in [-0.2, -0.15) is 0 Å². The Balaban J connectivity index is 1.54. The van der Waals surface area contributed by atoms with Crippen LogP contribution in [0.15, 0.2) is 12.2 Å². The van der Waals surface area contributed by atoms with E-state index in [2.05, 4.69) is 17.1 Å². The monoisotopic (exact) mass is 403 g/mol. The second-order valence-electron chi connectivity index (χ2n) is 9.52. The molecule has 2 heterocycles. The van der Waals surface area contributed by atoms with Crippen molar-refractivity contribution >= 4 is 17.7 Å². The van der Waals surface area contributed by atoms with Gasteiger partial charge in [0.05, 0.1) is 11.8 Å². The number of nitrogens with one attached hydrogen (secondary N) is 1.